The number of likely N-dealkylation sites (tertiary alicyclic amines) is 1. The highest BCUT2D eigenvalue weighted by atomic mass is 35.5. The van der Waals surface area contributed by atoms with E-state index in [1.807, 2.05) is 6.92 Å². The molecule has 0 unspecified atom stereocenters. The third-order valence-electron chi connectivity index (χ3n) is 9.23. The number of amides is 1. The number of aromatic nitrogens is 2. The molecule has 2 aromatic carbocycles. The number of rotatable bonds is 6. The molecule has 0 saturated carbocycles. The van der Waals surface area contributed by atoms with Gasteiger partial charge in [0.05, 0.1) is 10.5 Å². The number of piperazine rings is 1. The van der Waals surface area contributed by atoms with Gasteiger partial charge < -0.3 is 14.7 Å². The van der Waals surface area contributed by atoms with Crippen LogP contribution in [0.4, 0.5) is 14.6 Å². The number of hydrogen-bond donors (Lipinski definition) is 0. The second kappa shape index (κ2) is 14.7. The third-order valence-corrected chi connectivity index (χ3v) is 10.8. The quantitative estimate of drug-likeness (QED) is 0.286. The summed E-state index contributed by atoms with van der Waals surface area (Å²) < 4.78 is 30.9. The van der Waals surface area contributed by atoms with Gasteiger partial charge in [0.25, 0.3) is 0 Å². The van der Waals surface area contributed by atoms with Gasteiger partial charge >= 0.3 is 5.69 Å². The summed E-state index contributed by atoms with van der Waals surface area (Å²) in [7, 11) is 0. The number of carbonyl (C=O) groups excluding carboxylic acids is 1. The Morgan fingerprint density at radius 2 is 1.89 bits per heavy atom. The first-order valence-corrected chi connectivity index (χ1v) is 16.3. The highest BCUT2D eigenvalue weighted by Gasteiger charge is 2.35. The Balaban J connectivity index is 0.00000230. The Labute approximate surface area is 285 Å². The fourth-order valence-corrected chi connectivity index (χ4v) is 8.63. The maximum Gasteiger partial charge on any atom is 0.350 e. The van der Waals surface area contributed by atoms with Crippen LogP contribution in [-0.4, -0.2) is 76.3 Å². The maximum absolute atomic E-state index is 15.2. The van der Waals surface area contributed by atoms with Crippen LogP contribution in [0.25, 0.3) is 22.0 Å². The van der Waals surface area contributed by atoms with E-state index >= 15 is 4.39 Å². The molecule has 0 spiro atoms. The monoisotopic (exact) mass is 695 g/mol. The van der Waals surface area contributed by atoms with Crippen molar-refractivity contribution in [1.82, 2.24) is 19.4 Å². The Hall–Kier alpha value is -2.25. The van der Waals surface area contributed by atoms with Gasteiger partial charge in [0, 0.05) is 64.9 Å². The van der Waals surface area contributed by atoms with Gasteiger partial charge in [-0.25, -0.2) is 13.6 Å². The average molecular weight is 696 g/mol. The van der Waals surface area contributed by atoms with Gasteiger partial charge in [-0.3, -0.25) is 9.36 Å². The molecule has 45 heavy (non-hydrogen) atoms. The van der Waals surface area contributed by atoms with Crippen molar-refractivity contribution in [3.05, 3.63) is 64.1 Å². The van der Waals surface area contributed by atoms with Gasteiger partial charge in [0.15, 0.2) is 0 Å². The lowest BCUT2D eigenvalue weighted by Gasteiger charge is -2.41. The molecule has 2 atom stereocenters. The number of hydrogen-bond acceptors (Lipinski definition) is 6. The Kier molecular flexibility index (Phi) is 11.6. The van der Waals surface area contributed by atoms with Gasteiger partial charge in [-0.05, 0) is 76.0 Å². The van der Waals surface area contributed by atoms with Gasteiger partial charge in [-0.15, -0.1) is 11.8 Å². The molecule has 7 nitrogen and oxygen atoms in total. The van der Waals surface area contributed by atoms with E-state index in [1.54, 1.807) is 27.3 Å². The lowest BCUT2D eigenvalue weighted by atomic mass is 9.90. The van der Waals surface area contributed by atoms with Crippen LogP contribution in [0.15, 0.2) is 46.6 Å². The topological polar surface area (TPSA) is 61.7 Å². The van der Waals surface area contributed by atoms with Crippen molar-refractivity contribution in [2.45, 2.75) is 50.1 Å². The number of nitrogens with zero attached hydrogens (tertiary/aromatic N) is 5. The number of anilines is 1. The zero-order valence-electron chi connectivity index (χ0n) is 25.5. The van der Waals surface area contributed by atoms with Crippen LogP contribution in [0, 0.1) is 17.6 Å². The van der Waals surface area contributed by atoms with Gasteiger partial charge in [-0.1, -0.05) is 25.1 Å². The first-order valence-electron chi connectivity index (χ1n) is 15.0. The molecule has 0 bridgehead atoms. The minimum atomic E-state index is -0.706. The smallest absolute Gasteiger partial charge is 0.350 e. The fourth-order valence-electron chi connectivity index (χ4n) is 6.92. The summed E-state index contributed by atoms with van der Waals surface area (Å²) in [5, 5.41) is 1.03. The summed E-state index contributed by atoms with van der Waals surface area (Å²) in [5.41, 5.74) is 1.02. The largest absolute Gasteiger partial charge is 0.350 e. The van der Waals surface area contributed by atoms with E-state index in [9.17, 15) is 14.0 Å². The second-order valence-electron chi connectivity index (χ2n) is 11.8. The van der Waals surface area contributed by atoms with Crippen LogP contribution < -0.4 is 10.6 Å². The molecule has 1 aromatic heterocycles. The maximum atomic E-state index is 15.2. The van der Waals surface area contributed by atoms with Crippen LogP contribution in [0.2, 0.25) is 5.02 Å². The Morgan fingerprint density at radius 1 is 1.16 bits per heavy atom. The van der Waals surface area contributed by atoms with Crippen molar-refractivity contribution >= 4 is 73.0 Å². The summed E-state index contributed by atoms with van der Waals surface area (Å²) in [6.07, 6.45) is 4.35. The molecule has 244 valence electrons. The van der Waals surface area contributed by atoms with Crippen molar-refractivity contribution in [3.8, 4) is 11.1 Å². The summed E-state index contributed by atoms with van der Waals surface area (Å²) in [6.45, 7) is 12.4. The van der Waals surface area contributed by atoms with Crippen LogP contribution in [0.3, 0.4) is 0 Å². The molecule has 0 N–H and O–H groups in total. The molecule has 0 radical (unpaired) electrons. The highest BCUT2D eigenvalue weighted by Crippen LogP contribution is 2.49. The first kappa shape index (κ1) is 35.6. The lowest BCUT2D eigenvalue weighted by molar-refractivity contribution is -0.126. The minimum Gasteiger partial charge on any atom is -0.350 e. The second-order valence-corrected chi connectivity index (χ2v) is 13.2. The predicted octanol–water partition coefficient (Wildman–Crippen LogP) is 6.21. The molecule has 3 aliphatic heterocycles. The van der Waals surface area contributed by atoms with E-state index in [-0.39, 0.29) is 56.2 Å². The minimum absolute atomic E-state index is 0. The molecule has 2 saturated heterocycles. The van der Waals surface area contributed by atoms with Crippen LogP contribution in [0.1, 0.15) is 39.2 Å². The van der Waals surface area contributed by atoms with E-state index in [0.29, 0.717) is 58.1 Å². The van der Waals surface area contributed by atoms with E-state index in [0.717, 1.165) is 50.3 Å². The van der Waals surface area contributed by atoms with Crippen molar-refractivity contribution in [1.29, 1.82) is 0 Å². The summed E-state index contributed by atoms with van der Waals surface area (Å²) in [6, 6.07) is 5.08. The van der Waals surface area contributed by atoms with Crippen molar-refractivity contribution < 1.29 is 13.6 Å². The van der Waals surface area contributed by atoms with E-state index in [2.05, 4.69) is 28.3 Å². The molecular formula is C32H40ClF2N5O2S3. The molecule has 1 amide bonds. The fraction of sp³-hybridized carbons (Fsp3) is 0.469. The van der Waals surface area contributed by atoms with Gasteiger partial charge in [0.2, 0.25) is 5.91 Å². The molecule has 0 aliphatic carbocycles. The highest BCUT2D eigenvalue weighted by molar-refractivity contribution is 7.99. The molecule has 13 heteroatoms. The zero-order chi connectivity index (χ0) is 30.4. The van der Waals surface area contributed by atoms with Crippen molar-refractivity contribution in [3.63, 3.8) is 0 Å². The molecule has 3 aliphatic rings. The SMILES string of the molecule is C=CC(=O)N1CCN(c2nc(=O)n3c4c(c(-c5ccc(F)cc5F)c(Cl)cc24)SC[C@@H]3CC2CCN(CC)CC2)[C@@H](C)C1.S.S. The Bertz CT molecular complexity index is 1650. The number of halogens is 3. The molecule has 4 heterocycles. The Morgan fingerprint density at radius 3 is 2.53 bits per heavy atom. The van der Waals surface area contributed by atoms with Crippen molar-refractivity contribution in [2.75, 3.05) is 49.9 Å². The molecule has 2 fully saturated rings. The summed E-state index contributed by atoms with van der Waals surface area (Å²) in [5.74, 6) is 0.137. The molecule has 3 aromatic rings. The predicted molar refractivity (Wildman–Crippen MR) is 190 cm³/mol. The number of benzene rings is 2. The van der Waals surface area contributed by atoms with E-state index < -0.39 is 11.6 Å². The average Bonchev–Trinajstić information content (AvgIpc) is 3.00. The number of piperidine rings is 1. The third kappa shape index (κ3) is 6.76. The van der Waals surface area contributed by atoms with Crippen molar-refractivity contribution in [2.24, 2.45) is 5.92 Å². The summed E-state index contributed by atoms with van der Waals surface area (Å²) in [4.78, 5) is 37.9. The number of thioether (sulfide) groups is 1. The molecular weight excluding hydrogens is 656 g/mol. The normalized spacial score (nSPS) is 20.5. The zero-order valence-corrected chi connectivity index (χ0v) is 29.1. The molecule has 6 rings (SSSR count). The van der Waals surface area contributed by atoms with E-state index in [1.165, 1.54) is 18.2 Å². The first-order chi connectivity index (χ1) is 20.7. The van der Waals surface area contributed by atoms with Crippen LogP contribution in [0.5, 0.6) is 0 Å². The van der Waals surface area contributed by atoms with Crippen LogP contribution in [-0.2, 0) is 4.79 Å². The van der Waals surface area contributed by atoms with Gasteiger partial charge in [0.1, 0.15) is 17.5 Å². The summed E-state index contributed by atoms with van der Waals surface area (Å²) >= 11 is 8.50. The van der Waals surface area contributed by atoms with Gasteiger partial charge in [-0.2, -0.15) is 32.0 Å². The number of carbonyl (C=O) groups is 1. The standard InChI is InChI=1S/C32H36ClF2N5O2S.2H2S/c1-4-27(41)38-12-13-39(19(3)17-38)31-24-16-25(33)28(23-7-6-21(34)15-26(23)35)30-29(24)40(32(42)36-31)22(18-43-30)14-20-8-10-37(5-2)11-9-20;;/h4,6-7,15-16,19-20,22H,1,5,8-14,17-18H2,2-3H3;2*1H2/t19-,22-;;/m0../s1. The van der Waals surface area contributed by atoms with E-state index in [4.69, 9.17) is 11.6 Å². The van der Waals surface area contributed by atoms with Crippen LogP contribution >= 0.6 is 50.4 Å². The lowest BCUT2D eigenvalue weighted by Crippen LogP contribution is -2.54.